The predicted octanol–water partition coefficient (Wildman–Crippen LogP) is 3.29. The second-order valence-electron chi connectivity index (χ2n) is 6.04. The summed E-state index contributed by atoms with van der Waals surface area (Å²) in [5, 5.41) is 2.62. The van der Waals surface area contributed by atoms with Gasteiger partial charge >= 0.3 is 12.3 Å². The number of alkyl halides is 3. The molecule has 0 radical (unpaired) electrons. The highest BCUT2D eigenvalue weighted by molar-refractivity contribution is 5.98. The third-order valence-electron chi connectivity index (χ3n) is 4.14. The molecule has 1 aliphatic heterocycles. The van der Waals surface area contributed by atoms with Gasteiger partial charge in [-0.3, -0.25) is 9.69 Å². The van der Waals surface area contributed by atoms with E-state index in [0.717, 1.165) is 17.0 Å². The van der Waals surface area contributed by atoms with Gasteiger partial charge in [-0.25, -0.2) is 9.78 Å². The van der Waals surface area contributed by atoms with Gasteiger partial charge in [0.15, 0.2) is 0 Å². The molecule has 2 aromatic rings. The zero-order valence-corrected chi connectivity index (χ0v) is 15.3. The zero-order valence-electron chi connectivity index (χ0n) is 15.3. The average Bonchev–Trinajstić information content (AvgIpc) is 3.00. The van der Waals surface area contributed by atoms with E-state index in [0.29, 0.717) is 11.9 Å². The molecule has 154 valence electrons. The van der Waals surface area contributed by atoms with Crippen LogP contribution >= 0.6 is 0 Å². The van der Waals surface area contributed by atoms with Crippen LogP contribution < -0.4 is 14.8 Å². The van der Waals surface area contributed by atoms with Crippen molar-refractivity contribution in [1.82, 2.24) is 9.88 Å². The molecule has 1 atom stereocenters. The maximum absolute atomic E-state index is 12.6. The van der Waals surface area contributed by atoms with Gasteiger partial charge in [-0.2, -0.15) is 13.2 Å². The first-order chi connectivity index (χ1) is 13.7. The molecular formula is C18H16F3N3O5. The predicted molar refractivity (Wildman–Crippen MR) is 93.8 cm³/mol. The van der Waals surface area contributed by atoms with Crippen LogP contribution in [0.5, 0.6) is 17.4 Å². The topological polar surface area (TPSA) is 90.0 Å². The Bertz CT molecular complexity index is 918. The van der Waals surface area contributed by atoms with Gasteiger partial charge in [0.25, 0.3) is 5.91 Å². The summed E-state index contributed by atoms with van der Waals surface area (Å²) in [5.41, 5.74) is -0.653. The smallest absolute Gasteiger partial charge is 0.417 e. The first-order valence-corrected chi connectivity index (χ1v) is 8.28. The molecular weight excluding hydrogens is 395 g/mol. The molecule has 1 aromatic heterocycles. The molecule has 1 fully saturated rings. The number of cyclic esters (lactones) is 1. The molecule has 11 heteroatoms. The summed E-state index contributed by atoms with van der Waals surface area (Å²) in [6, 6.07) is 5.56. The molecule has 2 heterocycles. The van der Waals surface area contributed by atoms with E-state index in [9.17, 15) is 22.8 Å². The number of hydrogen-bond acceptors (Lipinski definition) is 6. The summed E-state index contributed by atoms with van der Waals surface area (Å²) in [7, 11) is 2.84. The van der Waals surface area contributed by atoms with Crippen LogP contribution in [0.1, 0.15) is 5.56 Å². The van der Waals surface area contributed by atoms with Gasteiger partial charge in [0.2, 0.25) is 5.88 Å². The van der Waals surface area contributed by atoms with E-state index in [1.807, 2.05) is 0 Å². The number of benzene rings is 1. The molecule has 29 heavy (non-hydrogen) atoms. The van der Waals surface area contributed by atoms with E-state index in [-0.39, 0.29) is 23.9 Å². The quantitative estimate of drug-likeness (QED) is 0.812. The number of ether oxygens (including phenoxy) is 3. The molecule has 0 spiro atoms. The summed E-state index contributed by atoms with van der Waals surface area (Å²) >= 11 is 0. The van der Waals surface area contributed by atoms with E-state index < -0.39 is 29.8 Å². The Morgan fingerprint density at radius 2 is 2.07 bits per heavy atom. The number of nitrogens with zero attached hydrogens (tertiary/aromatic N) is 2. The van der Waals surface area contributed by atoms with Crippen molar-refractivity contribution in [3.8, 4) is 17.4 Å². The average molecular weight is 411 g/mol. The first kappa shape index (κ1) is 20.2. The van der Waals surface area contributed by atoms with Gasteiger partial charge < -0.3 is 19.5 Å². The standard InChI is InChI=1S/C18H16F3N3O5/c1-24-13(9-28-17(24)26)16(25)23-12-7-11(4-5-14(12)27-2)29-15-6-3-10(8-22-15)18(19,20)21/h3-8,13H,9H2,1-2H3,(H,23,25)/t13-/m0/s1. The van der Waals surface area contributed by atoms with Crippen molar-refractivity contribution in [1.29, 1.82) is 0 Å². The lowest BCUT2D eigenvalue weighted by Crippen LogP contribution is -2.40. The first-order valence-electron chi connectivity index (χ1n) is 8.28. The Labute approximate surface area is 163 Å². The molecule has 0 saturated carbocycles. The number of anilines is 1. The van der Waals surface area contributed by atoms with Crippen LogP contribution in [0, 0.1) is 0 Å². The number of methoxy groups -OCH3 is 1. The van der Waals surface area contributed by atoms with Crippen molar-refractivity contribution in [3.63, 3.8) is 0 Å². The number of halogens is 3. The van der Waals surface area contributed by atoms with Crippen LogP contribution in [0.3, 0.4) is 0 Å². The van der Waals surface area contributed by atoms with Crippen molar-refractivity contribution in [2.24, 2.45) is 0 Å². The number of aromatic nitrogens is 1. The third-order valence-corrected chi connectivity index (χ3v) is 4.14. The molecule has 3 rings (SSSR count). The number of carbonyl (C=O) groups is 2. The SMILES string of the molecule is COc1ccc(Oc2ccc(C(F)(F)F)cn2)cc1NC(=O)[C@@H]1COC(=O)N1C. The Kier molecular flexibility index (Phi) is 5.48. The van der Waals surface area contributed by atoms with Gasteiger partial charge in [-0.15, -0.1) is 0 Å². The summed E-state index contributed by atoms with van der Waals surface area (Å²) in [4.78, 5) is 28.6. The number of pyridine rings is 1. The molecule has 0 aliphatic carbocycles. The number of rotatable bonds is 5. The summed E-state index contributed by atoms with van der Waals surface area (Å²) in [6.07, 6.45) is -4.45. The van der Waals surface area contributed by atoms with Crippen molar-refractivity contribution in [3.05, 3.63) is 42.1 Å². The van der Waals surface area contributed by atoms with Gasteiger partial charge in [-0.05, 0) is 18.2 Å². The Balaban J connectivity index is 1.76. The number of likely N-dealkylation sites (N-methyl/N-ethyl adjacent to an activating group) is 1. The fourth-order valence-electron chi connectivity index (χ4n) is 2.54. The summed E-state index contributed by atoms with van der Waals surface area (Å²) in [6.45, 7) is -0.0881. The molecule has 1 aliphatic rings. The maximum atomic E-state index is 12.6. The fraction of sp³-hybridized carbons (Fsp3) is 0.278. The van der Waals surface area contributed by atoms with Crippen molar-refractivity contribution in [2.45, 2.75) is 12.2 Å². The molecule has 8 nitrogen and oxygen atoms in total. The van der Waals surface area contributed by atoms with Crippen molar-refractivity contribution < 1.29 is 37.0 Å². The fourth-order valence-corrected chi connectivity index (χ4v) is 2.54. The van der Waals surface area contributed by atoms with Crippen LogP contribution in [-0.2, 0) is 15.7 Å². The van der Waals surface area contributed by atoms with E-state index in [2.05, 4.69) is 10.3 Å². The second-order valence-corrected chi connectivity index (χ2v) is 6.04. The number of nitrogens with one attached hydrogen (secondary N) is 1. The van der Waals surface area contributed by atoms with Crippen LogP contribution in [0.4, 0.5) is 23.7 Å². The molecule has 0 bridgehead atoms. The Morgan fingerprint density at radius 1 is 1.31 bits per heavy atom. The molecule has 2 amide bonds. The molecule has 1 aromatic carbocycles. The Hall–Kier alpha value is -3.50. The lowest BCUT2D eigenvalue weighted by Gasteiger charge is -2.17. The van der Waals surface area contributed by atoms with E-state index >= 15 is 0 Å². The zero-order chi connectivity index (χ0) is 21.2. The van der Waals surface area contributed by atoms with Gasteiger partial charge in [-0.1, -0.05) is 0 Å². The summed E-state index contributed by atoms with van der Waals surface area (Å²) < 4.78 is 53.3. The second kappa shape index (κ2) is 7.86. The van der Waals surface area contributed by atoms with Gasteiger partial charge in [0.05, 0.1) is 18.4 Å². The minimum Gasteiger partial charge on any atom is -0.495 e. The maximum Gasteiger partial charge on any atom is 0.417 e. The number of hydrogen-bond donors (Lipinski definition) is 1. The van der Waals surface area contributed by atoms with Crippen molar-refractivity contribution in [2.75, 3.05) is 26.1 Å². The van der Waals surface area contributed by atoms with E-state index in [1.54, 1.807) is 0 Å². The number of carbonyl (C=O) groups excluding carboxylic acids is 2. The highest BCUT2D eigenvalue weighted by Gasteiger charge is 2.35. The van der Waals surface area contributed by atoms with Crippen LogP contribution in [0.25, 0.3) is 0 Å². The monoisotopic (exact) mass is 411 g/mol. The van der Waals surface area contributed by atoms with Crippen LogP contribution in [-0.4, -0.2) is 48.7 Å². The normalized spacial score (nSPS) is 16.4. The highest BCUT2D eigenvalue weighted by Crippen LogP contribution is 2.33. The summed E-state index contributed by atoms with van der Waals surface area (Å²) in [5.74, 6) is -0.0316. The van der Waals surface area contributed by atoms with Gasteiger partial charge in [0, 0.05) is 25.4 Å². The molecule has 1 N–H and O–H groups in total. The van der Waals surface area contributed by atoms with Crippen LogP contribution in [0.15, 0.2) is 36.5 Å². The highest BCUT2D eigenvalue weighted by atomic mass is 19.4. The van der Waals surface area contributed by atoms with Crippen LogP contribution in [0.2, 0.25) is 0 Å². The third kappa shape index (κ3) is 4.50. The van der Waals surface area contributed by atoms with Crippen molar-refractivity contribution >= 4 is 17.7 Å². The Morgan fingerprint density at radius 3 is 2.62 bits per heavy atom. The minimum atomic E-state index is -4.50. The van der Waals surface area contributed by atoms with E-state index in [1.165, 1.54) is 32.4 Å². The lowest BCUT2D eigenvalue weighted by molar-refractivity contribution is -0.137. The number of amides is 2. The molecule has 1 saturated heterocycles. The largest absolute Gasteiger partial charge is 0.495 e. The minimum absolute atomic E-state index is 0.0602. The van der Waals surface area contributed by atoms with E-state index in [4.69, 9.17) is 14.2 Å². The lowest BCUT2D eigenvalue weighted by atomic mass is 10.2. The molecule has 0 unspecified atom stereocenters. The van der Waals surface area contributed by atoms with Gasteiger partial charge in [0.1, 0.15) is 24.1 Å².